The van der Waals surface area contributed by atoms with Crippen LogP contribution in [0.15, 0.2) is 48.5 Å². The predicted molar refractivity (Wildman–Crippen MR) is 94.1 cm³/mol. The Morgan fingerprint density at radius 3 is 2.91 bits per heavy atom. The van der Waals surface area contributed by atoms with Crippen molar-refractivity contribution in [3.05, 3.63) is 64.1 Å². The van der Waals surface area contributed by atoms with Gasteiger partial charge >= 0.3 is 0 Å². The molecule has 1 atom stereocenters. The van der Waals surface area contributed by atoms with Gasteiger partial charge in [-0.1, -0.05) is 29.8 Å². The molecule has 4 rings (SSSR count). The van der Waals surface area contributed by atoms with Gasteiger partial charge in [-0.05, 0) is 43.2 Å². The molecule has 23 heavy (non-hydrogen) atoms. The fraction of sp³-hybridized carbons (Fsp3) is 0.222. The average Bonchev–Trinajstić information content (AvgIpc) is 3.20. The summed E-state index contributed by atoms with van der Waals surface area (Å²) in [5.74, 6) is 0.0363. The maximum absolute atomic E-state index is 12.8. The molecule has 3 nitrogen and oxygen atoms in total. The summed E-state index contributed by atoms with van der Waals surface area (Å²) >= 11 is 7.70. The largest absolute Gasteiger partial charge is 0.329 e. The van der Waals surface area contributed by atoms with Crippen LogP contribution < -0.4 is 0 Å². The Kier molecular flexibility index (Phi) is 3.79. The van der Waals surface area contributed by atoms with Gasteiger partial charge in [0.2, 0.25) is 0 Å². The lowest BCUT2D eigenvalue weighted by molar-refractivity contribution is 0.0735. The van der Waals surface area contributed by atoms with Crippen LogP contribution in [-0.4, -0.2) is 22.3 Å². The minimum Gasteiger partial charge on any atom is -0.329 e. The first-order chi connectivity index (χ1) is 11.2. The Balaban J connectivity index is 1.67. The number of amides is 1. The van der Waals surface area contributed by atoms with Crippen LogP contribution in [0.1, 0.15) is 34.2 Å². The van der Waals surface area contributed by atoms with Crippen LogP contribution in [0.2, 0.25) is 5.02 Å². The van der Waals surface area contributed by atoms with E-state index in [0.29, 0.717) is 10.6 Å². The van der Waals surface area contributed by atoms with E-state index in [0.717, 1.165) is 29.9 Å². The van der Waals surface area contributed by atoms with Gasteiger partial charge in [0, 0.05) is 17.1 Å². The zero-order valence-corrected chi connectivity index (χ0v) is 14.0. The van der Waals surface area contributed by atoms with E-state index in [9.17, 15) is 4.79 Å². The summed E-state index contributed by atoms with van der Waals surface area (Å²) < 4.78 is 1.17. The highest BCUT2D eigenvalue weighted by Crippen LogP contribution is 2.37. The molecule has 2 aromatic carbocycles. The first-order valence-electron chi connectivity index (χ1n) is 7.64. The molecule has 1 aliphatic rings. The quantitative estimate of drug-likeness (QED) is 0.661. The number of para-hydroxylation sites is 1. The van der Waals surface area contributed by atoms with E-state index in [1.165, 1.54) is 4.70 Å². The van der Waals surface area contributed by atoms with E-state index in [2.05, 4.69) is 6.07 Å². The van der Waals surface area contributed by atoms with Gasteiger partial charge in [-0.15, -0.1) is 11.3 Å². The standard InChI is InChI=1S/C18H15ClN2OS/c19-13-6-3-5-12(11-13)18(22)21-10-4-8-15(21)17-20-14-7-1-2-9-16(14)23-17/h1-3,5-7,9,11,15H,4,8,10H2/t15-/m0/s1. The number of fused-ring (bicyclic) bond motifs is 1. The molecule has 1 amide bonds. The van der Waals surface area contributed by atoms with Crippen molar-refractivity contribution in [3.8, 4) is 0 Å². The van der Waals surface area contributed by atoms with E-state index in [-0.39, 0.29) is 11.9 Å². The number of hydrogen-bond donors (Lipinski definition) is 0. The summed E-state index contributed by atoms with van der Waals surface area (Å²) in [7, 11) is 0. The molecule has 1 aromatic heterocycles. The second-order valence-electron chi connectivity index (χ2n) is 5.69. The molecule has 5 heteroatoms. The third-order valence-corrected chi connectivity index (χ3v) is 5.55. The third kappa shape index (κ3) is 2.73. The number of carbonyl (C=O) groups excluding carboxylic acids is 1. The van der Waals surface area contributed by atoms with E-state index in [1.54, 1.807) is 23.5 Å². The van der Waals surface area contributed by atoms with Crippen LogP contribution in [0.3, 0.4) is 0 Å². The lowest BCUT2D eigenvalue weighted by Crippen LogP contribution is -2.30. The maximum atomic E-state index is 12.8. The molecule has 1 saturated heterocycles. The second kappa shape index (κ2) is 5.95. The summed E-state index contributed by atoms with van der Waals surface area (Å²) in [6.45, 7) is 0.770. The van der Waals surface area contributed by atoms with Crippen molar-refractivity contribution in [2.75, 3.05) is 6.54 Å². The number of likely N-dealkylation sites (tertiary alicyclic amines) is 1. The highest BCUT2D eigenvalue weighted by molar-refractivity contribution is 7.18. The highest BCUT2D eigenvalue weighted by atomic mass is 35.5. The minimum atomic E-state index is 0.0363. The van der Waals surface area contributed by atoms with Gasteiger partial charge in [-0.3, -0.25) is 4.79 Å². The van der Waals surface area contributed by atoms with Crippen molar-refractivity contribution >= 4 is 39.1 Å². The Labute approximate surface area is 143 Å². The van der Waals surface area contributed by atoms with Crippen molar-refractivity contribution in [3.63, 3.8) is 0 Å². The summed E-state index contributed by atoms with van der Waals surface area (Å²) in [5.41, 5.74) is 1.65. The highest BCUT2D eigenvalue weighted by Gasteiger charge is 2.32. The Morgan fingerprint density at radius 2 is 2.09 bits per heavy atom. The topological polar surface area (TPSA) is 33.2 Å². The number of carbonyl (C=O) groups is 1. The number of rotatable bonds is 2. The van der Waals surface area contributed by atoms with Gasteiger partial charge in [0.1, 0.15) is 5.01 Å². The summed E-state index contributed by atoms with van der Waals surface area (Å²) in [6, 6.07) is 15.3. The second-order valence-corrected chi connectivity index (χ2v) is 7.19. The van der Waals surface area contributed by atoms with Crippen molar-refractivity contribution in [2.45, 2.75) is 18.9 Å². The van der Waals surface area contributed by atoms with Crippen molar-refractivity contribution in [1.82, 2.24) is 9.88 Å². The molecular formula is C18H15ClN2OS. The molecule has 0 unspecified atom stereocenters. The summed E-state index contributed by atoms with van der Waals surface area (Å²) in [6.07, 6.45) is 1.97. The van der Waals surface area contributed by atoms with Crippen LogP contribution in [0.5, 0.6) is 0 Å². The van der Waals surface area contributed by atoms with Crippen LogP contribution in [0, 0.1) is 0 Å². The predicted octanol–water partition coefficient (Wildman–Crippen LogP) is 4.93. The Hall–Kier alpha value is -1.91. The number of aromatic nitrogens is 1. The smallest absolute Gasteiger partial charge is 0.254 e. The molecule has 1 aliphatic heterocycles. The fourth-order valence-electron chi connectivity index (χ4n) is 3.09. The molecule has 2 heterocycles. The number of benzene rings is 2. The first-order valence-corrected chi connectivity index (χ1v) is 8.84. The first kappa shape index (κ1) is 14.7. The van der Waals surface area contributed by atoms with E-state index < -0.39 is 0 Å². The fourth-order valence-corrected chi connectivity index (χ4v) is 4.39. The number of halogens is 1. The SMILES string of the molecule is O=C(c1cccc(Cl)c1)N1CCC[C@H]1c1nc2ccccc2s1. The summed E-state index contributed by atoms with van der Waals surface area (Å²) in [5, 5.41) is 1.62. The molecule has 0 saturated carbocycles. The van der Waals surface area contributed by atoms with E-state index in [1.807, 2.05) is 35.2 Å². The minimum absolute atomic E-state index is 0.0363. The van der Waals surface area contributed by atoms with Crippen LogP contribution in [0.25, 0.3) is 10.2 Å². The van der Waals surface area contributed by atoms with E-state index >= 15 is 0 Å². The lowest BCUT2D eigenvalue weighted by Gasteiger charge is -2.23. The van der Waals surface area contributed by atoms with Gasteiger partial charge in [-0.25, -0.2) is 4.98 Å². The van der Waals surface area contributed by atoms with Gasteiger partial charge < -0.3 is 4.90 Å². The monoisotopic (exact) mass is 342 g/mol. The average molecular weight is 343 g/mol. The van der Waals surface area contributed by atoms with Gasteiger partial charge in [-0.2, -0.15) is 0 Å². The zero-order valence-electron chi connectivity index (χ0n) is 12.4. The molecule has 1 fully saturated rings. The Bertz CT molecular complexity index is 843. The molecule has 0 bridgehead atoms. The van der Waals surface area contributed by atoms with Gasteiger partial charge in [0.15, 0.2) is 0 Å². The van der Waals surface area contributed by atoms with Crippen molar-refractivity contribution < 1.29 is 4.79 Å². The maximum Gasteiger partial charge on any atom is 0.254 e. The molecular weight excluding hydrogens is 328 g/mol. The molecule has 3 aromatic rings. The van der Waals surface area contributed by atoms with Crippen LogP contribution >= 0.6 is 22.9 Å². The zero-order chi connectivity index (χ0) is 15.8. The molecule has 116 valence electrons. The number of nitrogens with zero attached hydrogens (tertiary/aromatic N) is 2. The normalized spacial score (nSPS) is 17.8. The van der Waals surface area contributed by atoms with Gasteiger partial charge in [0.05, 0.1) is 16.3 Å². The van der Waals surface area contributed by atoms with Crippen molar-refractivity contribution in [2.24, 2.45) is 0 Å². The Morgan fingerprint density at radius 1 is 1.22 bits per heavy atom. The van der Waals surface area contributed by atoms with E-state index in [4.69, 9.17) is 16.6 Å². The lowest BCUT2D eigenvalue weighted by atomic mass is 10.1. The van der Waals surface area contributed by atoms with Crippen molar-refractivity contribution in [1.29, 1.82) is 0 Å². The van der Waals surface area contributed by atoms with Crippen LogP contribution in [0.4, 0.5) is 0 Å². The molecule has 0 spiro atoms. The third-order valence-electron chi connectivity index (χ3n) is 4.18. The van der Waals surface area contributed by atoms with Gasteiger partial charge in [0.25, 0.3) is 5.91 Å². The molecule has 0 aliphatic carbocycles. The van der Waals surface area contributed by atoms with Crippen LogP contribution in [-0.2, 0) is 0 Å². The molecule has 0 N–H and O–H groups in total. The number of thiazole rings is 1. The summed E-state index contributed by atoms with van der Waals surface area (Å²) in [4.78, 5) is 19.5. The molecule has 0 radical (unpaired) electrons. The number of hydrogen-bond acceptors (Lipinski definition) is 3.